The van der Waals surface area contributed by atoms with Gasteiger partial charge >= 0.3 is 12.2 Å². The lowest BCUT2D eigenvalue weighted by Crippen LogP contribution is -2.48. The second-order valence-corrected chi connectivity index (χ2v) is 8.36. The van der Waals surface area contributed by atoms with Gasteiger partial charge in [-0.1, -0.05) is 30.3 Å². The predicted molar refractivity (Wildman–Crippen MR) is 113 cm³/mol. The first-order valence-corrected chi connectivity index (χ1v) is 10.5. The minimum atomic E-state index is -0.688. The van der Waals surface area contributed by atoms with Gasteiger partial charge in [0.1, 0.15) is 18.2 Å². The highest BCUT2D eigenvalue weighted by Crippen LogP contribution is 2.12. The van der Waals surface area contributed by atoms with Gasteiger partial charge in [-0.05, 0) is 52.0 Å². The van der Waals surface area contributed by atoms with Crippen molar-refractivity contribution in [3.8, 4) is 0 Å². The SMILES string of the molecule is CC(C)(C)OC(=O)NCCC[C@@H](NC(=O)OCc1ccccc1)C(=O)N1CCCC1. The second kappa shape index (κ2) is 11.4. The van der Waals surface area contributed by atoms with Crippen molar-refractivity contribution in [1.29, 1.82) is 0 Å². The van der Waals surface area contributed by atoms with Crippen LogP contribution in [0.5, 0.6) is 0 Å². The van der Waals surface area contributed by atoms with E-state index in [9.17, 15) is 14.4 Å². The Labute approximate surface area is 178 Å². The van der Waals surface area contributed by atoms with Crippen LogP contribution in [0.25, 0.3) is 0 Å². The van der Waals surface area contributed by atoms with Crippen molar-refractivity contribution in [2.75, 3.05) is 19.6 Å². The summed E-state index contributed by atoms with van der Waals surface area (Å²) in [4.78, 5) is 38.6. The van der Waals surface area contributed by atoms with Crippen LogP contribution in [-0.4, -0.2) is 54.3 Å². The third kappa shape index (κ3) is 8.71. The molecule has 1 aliphatic rings. The normalized spacial score (nSPS) is 14.7. The Bertz CT molecular complexity index is 696. The summed E-state index contributed by atoms with van der Waals surface area (Å²) in [5.41, 5.74) is 0.305. The highest BCUT2D eigenvalue weighted by Gasteiger charge is 2.28. The number of alkyl carbamates (subject to hydrolysis) is 2. The molecular weight excluding hydrogens is 386 g/mol. The summed E-state index contributed by atoms with van der Waals surface area (Å²) in [5, 5.41) is 5.37. The molecule has 1 aliphatic heterocycles. The zero-order valence-corrected chi connectivity index (χ0v) is 18.1. The maximum Gasteiger partial charge on any atom is 0.408 e. The van der Waals surface area contributed by atoms with Crippen molar-refractivity contribution in [2.45, 2.75) is 64.7 Å². The standard InChI is InChI=1S/C22H33N3O5/c1-22(2,3)30-20(27)23-13-9-12-18(19(26)25-14-7-8-15-25)24-21(28)29-16-17-10-5-4-6-11-17/h4-6,10-11,18H,7-9,12-16H2,1-3H3,(H,23,27)(H,24,28)/t18-/m1/s1. The molecule has 8 heteroatoms. The van der Waals surface area contributed by atoms with Gasteiger partial charge in [0, 0.05) is 19.6 Å². The summed E-state index contributed by atoms with van der Waals surface area (Å²) in [6, 6.07) is 8.67. The Balaban J connectivity index is 1.83. The van der Waals surface area contributed by atoms with Crippen LogP contribution in [0.2, 0.25) is 0 Å². The molecule has 1 fully saturated rings. The number of benzene rings is 1. The molecule has 1 heterocycles. The fourth-order valence-electron chi connectivity index (χ4n) is 3.13. The summed E-state index contributed by atoms with van der Waals surface area (Å²) in [6.07, 6.45) is 1.72. The van der Waals surface area contributed by atoms with Crippen LogP contribution in [0, 0.1) is 0 Å². The van der Waals surface area contributed by atoms with Gasteiger partial charge < -0.3 is 25.0 Å². The molecule has 1 saturated heterocycles. The van der Waals surface area contributed by atoms with E-state index in [-0.39, 0.29) is 12.5 Å². The van der Waals surface area contributed by atoms with Gasteiger partial charge in [0.2, 0.25) is 5.91 Å². The smallest absolute Gasteiger partial charge is 0.408 e. The number of amides is 3. The Morgan fingerprint density at radius 1 is 1.07 bits per heavy atom. The molecule has 166 valence electrons. The average Bonchev–Trinajstić information content (AvgIpc) is 3.22. The van der Waals surface area contributed by atoms with Gasteiger partial charge in [0.05, 0.1) is 0 Å². The highest BCUT2D eigenvalue weighted by molar-refractivity contribution is 5.85. The topological polar surface area (TPSA) is 97.0 Å². The monoisotopic (exact) mass is 419 g/mol. The molecule has 1 aromatic rings. The average molecular weight is 420 g/mol. The number of rotatable bonds is 8. The van der Waals surface area contributed by atoms with E-state index >= 15 is 0 Å². The van der Waals surface area contributed by atoms with Crippen molar-refractivity contribution >= 4 is 18.1 Å². The molecule has 0 unspecified atom stereocenters. The Kier molecular flexibility index (Phi) is 8.95. The molecule has 0 bridgehead atoms. The Morgan fingerprint density at radius 3 is 2.37 bits per heavy atom. The van der Waals surface area contributed by atoms with E-state index in [1.165, 1.54) is 0 Å². The fourth-order valence-corrected chi connectivity index (χ4v) is 3.13. The second-order valence-electron chi connectivity index (χ2n) is 8.36. The lowest BCUT2D eigenvalue weighted by Gasteiger charge is -2.24. The van der Waals surface area contributed by atoms with Gasteiger partial charge in [-0.15, -0.1) is 0 Å². The molecule has 0 spiro atoms. The number of hydrogen-bond donors (Lipinski definition) is 2. The zero-order valence-electron chi connectivity index (χ0n) is 18.1. The summed E-state index contributed by atoms with van der Waals surface area (Å²) in [6.45, 7) is 7.27. The van der Waals surface area contributed by atoms with Gasteiger partial charge in [0.25, 0.3) is 0 Å². The minimum absolute atomic E-state index is 0.110. The lowest BCUT2D eigenvalue weighted by atomic mass is 10.1. The maximum atomic E-state index is 12.8. The number of likely N-dealkylation sites (tertiary alicyclic amines) is 1. The number of nitrogens with zero attached hydrogens (tertiary/aromatic N) is 1. The molecule has 0 aromatic heterocycles. The zero-order chi connectivity index (χ0) is 22.0. The Morgan fingerprint density at radius 2 is 1.73 bits per heavy atom. The maximum absolute atomic E-state index is 12.8. The van der Waals surface area contributed by atoms with E-state index < -0.39 is 23.8 Å². The van der Waals surface area contributed by atoms with Crippen molar-refractivity contribution in [1.82, 2.24) is 15.5 Å². The predicted octanol–water partition coefficient (Wildman–Crippen LogP) is 3.21. The van der Waals surface area contributed by atoms with Gasteiger partial charge in [-0.3, -0.25) is 4.79 Å². The number of carbonyl (C=O) groups excluding carboxylic acids is 3. The molecular formula is C22H33N3O5. The first-order chi connectivity index (χ1) is 14.2. The van der Waals surface area contributed by atoms with Crippen LogP contribution < -0.4 is 10.6 Å². The first kappa shape index (κ1) is 23.5. The summed E-state index contributed by atoms with van der Waals surface area (Å²) >= 11 is 0. The van der Waals surface area contributed by atoms with E-state index in [2.05, 4.69) is 10.6 Å². The van der Waals surface area contributed by atoms with Crippen molar-refractivity contribution < 1.29 is 23.9 Å². The first-order valence-electron chi connectivity index (χ1n) is 10.5. The number of hydrogen-bond acceptors (Lipinski definition) is 5. The molecule has 1 atom stereocenters. The van der Waals surface area contributed by atoms with E-state index in [1.54, 1.807) is 25.7 Å². The fraction of sp³-hybridized carbons (Fsp3) is 0.591. The van der Waals surface area contributed by atoms with Crippen molar-refractivity contribution in [3.05, 3.63) is 35.9 Å². The van der Waals surface area contributed by atoms with E-state index in [0.717, 1.165) is 18.4 Å². The van der Waals surface area contributed by atoms with Gasteiger partial charge in [0.15, 0.2) is 0 Å². The van der Waals surface area contributed by atoms with Crippen LogP contribution in [0.4, 0.5) is 9.59 Å². The summed E-state index contributed by atoms with van der Waals surface area (Å²) < 4.78 is 10.5. The molecule has 0 saturated carbocycles. The third-order valence-electron chi connectivity index (χ3n) is 4.56. The van der Waals surface area contributed by atoms with Gasteiger partial charge in [-0.2, -0.15) is 0 Å². The van der Waals surface area contributed by atoms with E-state index in [4.69, 9.17) is 9.47 Å². The van der Waals surface area contributed by atoms with Crippen LogP contribution in [-0.2, 0) is 20.9 Å². The van der Waals surface area contributed by atoms with Gasteiger partial charge in [-0.25, -0.2) is 9.59 Å². The third-order valence-corrected chi connectivity index (χ3v) is 4.56. The van der Waals surface area contributed by atoms with Crippen molar-refractivity contribution in [3.63, 3.8) is 0 Å². The van der Waals surface area contributed by atoms with Crippen LogP contribution in [0.15, 0.2) is 30.3 Å². The van der Waals surface area contributed by atoms with E-state index in [0.29, 0.717) is 32.5 Å². The largest absolute Gasteiger partial charge is 0.445 e. The highest BCUT2D eigenvalue weighted by atomic mass is 16.6. The van der Waals surface area contributed by atoms with Crippen LogP contribution >= 0.6 is 0 Å². The van der Waals surface area contributed by atoms with Crippen LogP contribution in [0.1, 0.15) is 52.0 Å². The molecule has 8 nitrogen and oxygen atoms in total. The molecule has 3 amide bonds. The van der Waals surface area contributed by atoms with Crippen LogP contribution in [0.3, 0.4) is 0 Å². The molecule has 0 radical (unpaired) electrons. The summed E-state index contributed by atoms with van der Waals surface area (Å²) in [7, 11) is 0. The lowest BCUT2D eigenvalue weighted by molar-refractivity contribution is -0.132. The number of carbonyl (C=O) groups is 3. The minimum Gasteiger partial charge on any atom is -0.445 e. The number of ether oxygens (including phenoxy) is 2. The number of nitrogens with one attached hydrogen (secondary N) is 2. The molecule has 0 aliphatic carbocycles. The van der Waals surface area contributed by atoms with Crippen molar-refractivity contribution in [2.24, 2.45) is 0 Å². The molecule has 2 N–H and O–H groups in total. The molecule has 1 aromatic carbocycles. The van der Waals surface area contributed by atoms with E-state index in [1.807, 2.05) is 30.3 Å². The Hall–Kier alpha value is -2.77. The quantitative estimate of drug-likeness (QED) is 0.631. The molecule has 30 heavy (non-hydrogen) atoms. The summed E-state index contributed by atoms with van der Waals surface area (Å²) in [5.74, 6) is -0.110. The molecule has 2 rings (SSSR count).